The van der Waals surface area contributed by atoms with Crippen LogP contribution in [-0.4, -0.2) is 28.0 Å². The monoisotopic (exact) mass is 333 g/mol. The topological polar surface area (TPSA) is 53.9 Å². The van der Waals surface area contributed by atoms with Crippen molar-refractivity contribution in [2.75, 3.05) is 23.3 Å². The minimum atomic E-state index is 0.696. The molecule has 3 aromatic rings. The molecule has 4 rings (SSSR count). The van der Waals surface area contributed by atoms with Gasteiger partial charge in [0.2, 0.25) is 0 Å². The summed E-state index contributed by atoms with van der Waals surface area (Å²) >= 11 is 0. The van der Waals surface area contributed by atoms with Crippen LogP contribution in [0.1, 0.15) is 25.3 Å². The van der Waals surface area contributed by atoms with Gasteiger partial charge in [0.05, 0.1) is 5.52 Å². The van der Waals surface area contributed by atoms with E-state index in [4.69, 9.17) is 0 Å². The zero-order valence-corrected chi connectivity index (χ0v) is 14.5. The van der Waals surface area contributed by atoms with Crippen LogP contribution in [0.4, 0.5) is 11.6 Å². The Hall–Kier alpha value is -2.69. The maximum absolute atomic E-state index is 4.51. The lowest BCUT2D eigenvalue weighted by Crippen LogP contribution is -2.34. The van der Waals surface area contributed by atoms with Gasteiger partial charge < -0.3 is 10.2 Å². The molecule has 5 heteroatoms. The number of para-hydroxylation sites is 1. The fourth-order valence-corrected chi connectivity index (χ4v) is 3.51. The second kappa shape index (κ2) is 7.05. The highest BCUT2D eigenvalue weighted by molar-refractivity contribution is 5.81. The number of fused-ring (bicyclic) bond motifs is 1. The second-order valence-corrected chi connectivity index (χ2v) is 6.80. The number of rotatable bonds is 4. The number of aromatic nitrogens is 3. The van der Waals surface area contributed by atoms with Gasteiger partial charge in [-0.15, -0.1) is 0 Å². The summed E-state index contributed by atoms with van der Waals surface area (Å²) in [5.74, 6) is 2.60. The number of benzene rings is 1. The highest BCUT2D eigenvalue weighted by Gasteiger charge is 2.17. The smallest absolute Gasteiger partial charge is 0.134 e. The molecular weight excluding hydrogens is 310 g/mol. The Morgan fingerprint density at radius 3 is 3.00 bits per heavy atom. The molecule has 1 unspecified atom stereocenters. The van der Waals surface area contributed by atoms with Crippen molar-refractivity contribution < 1.29 is 0 Å². The third-order valence-electron chi connectivity index (χ3n) is 4.81. The molecule has 1 aliphatic rings. The summed E-state index contributed by atoms with van der Waals surface area (Å²) in [4.78, 5) is 15.7. The van der Waals surface area contributed by atoms with E-state index < -0.39 is 0 Å². The number of pyridine rings is 1. The molecule has 0 radical (unpaired) electrons. The first-order chi connectivity index (χ1) is 12.3. The lowest BCUT2D eigenvalue weighted by atomic mass is 10.0. The maximum atomic E-state index is 4.51. The van der Waals surface area contributed by atoms with Crippen LogP contribution in [0, 0.1) is 5.92 Å². The van der Waals surface area contributed by atoms with Gasteiger partial charge in [0, 0.05) is 37.3 Å². The molecule has 25 heavy (non-hydrogen) atoms. The highest BCUT2D eigenvalue weighted by Crippen LogP contribution is 2.23. The first-order valence-electron chi connectivity index (χ1n) is 8.93. The van der Waals surface area contributed by atoms with Crippen LogP contribution >= 0.6 is 0 Å². The van der Waals surface area contributed by atoms with Crippen LogP contribution in [0.15, 0.2) is 48.9 Å². The fourth-order valence-electron chi connectivity index (χ4n) is 3.51. The molecule has 1 N–H and O–H groups in total. The zero-order chi connectivity index (χ0) is 17.1. The molecule has 1 fully saturated rings. The van der Waals surface area contributed by atoms with Crippen molar-refractivity contribution in [2.24, 2.45) is 5.92 Å². The van der Waals surface area contributed by atoms with Gasteiger partial charge in [0.25, 0.3) is 0 Å². The summed E-state index contributed by atoms with van der Waals surface area (Å²) < 4.78 is 0. The van der Waals surface area contributed by atoms with Crippen LogP contribution in [0.25, 0.3) is 10.9 Å². The van der Waals surface area contributed by atoms with E-state index in [1.165, 1.54) is 18.4 Å². The van der Waals surface area contributed by atoms with Crippen LogP contribution in [-0.2, 0) is 6.54 Å². The quantitative estimate of drug-likeness (QED) is 0.785. The second-order valence-electron chi connectivity index (χ2n) is 6.80. The number of hydrogen-bond donors (Lipinski definition) is 1. The van der Waals surface area contributed by atoms with Gasteiger partial charge in [-0.2, -0.15) is 0 Å². The average Bonchev–Trinajstić information content (AvgIpc) is 2.66. The van der Waals surface area contributed by atoms with E-state index in [0.29, 0.717) is 6.54 Å². The molecule has 0 spiro atoms. The third kappa shape index (κ3) is 3.55. The van der Waals surface area contributed by atoms with Crippen LogP contribution in [0.5, 0.6) is 0 Å². The summed E-state index contributed by atoms with van der Waals surface area (Å²) in [7, 11) is 0. The lowest BCUT2D eigenvalue weighted by Gasteiger charge is -2.31. The summed E-state index contributed by atoms with van der Waals surface area (Å²) in [6.45, 7) is 5.15. The Bertz CT molecular complexity index is 858. The minimum absolute atomic E-state index is 0.696. The lowest BCUT2D eigenvalue weighted by molar-refractivity contribution is 0.444. The number of nitrogens with zero attached hydrogens (tertiary/aromatic N) is 4. The largest absolute Gasteiger partial charge is 0.366 e. The molecule has 1 atom stereocenters. The van der Waals surface area contributed by atoms with Gasteiger partial charge in [-0.3, -0.25) is 4.98 Å². The Kier molecular flexibility index (Phi) is 4.46. The molecule has 0 bridgehead atoms. The van der Waals surface area contributed by atoms with Crippen molar-refractivity contribution in [3.8, 4) is 0 Å². The summed E-state index contributed by atoms with van der Waals surface area (Å²) in [5.41, 5.74) is 2.21. The van der Waals surface area contributed by atoms with Crippen LogP contribution in [0.2, 0.25) is 0 Å². The first-order valence-corrected chi connectivity index (χ1v) is 8.93. The Balaban J connectivity index is 1.50. The molecule has 1 aliphatic heterocycles. The van der Waals surface area contributed by atoms with Crippen molar-refractivity contribution in [1.82, 2.24) is 15.0 Å². The number of hydrogen-bond acceptors (Lipinski definition) is 5. The Morgan fingerprint density at radius 1 is 1.16 bits per heavy atom. The van der Waals surface area contributed by atoms with Crippen molar-refractivity contribution in [2.45, 2.75) is 26.3 Å². The van der Waals surface area contributed by atoms with Gasteiger partial charge in [-0.05, 0) is 30.4 Å². The van der Waals surface area contributed by atoms with Gasteiger partial charge in [0.1, 0.15) is 18.0 Å². The number of nitrogens with one attached hydrogen (secondary N) is 1. The van der Waals surface area contributed by atoms with Crippen molar-refractivity contribution in [3.63, 3.8) is 0 Å². The van der Waals surface area contributed by atoms with Gasteiger partial charge in [-0.25, -0.2) is 9.97 Å². The molecule has 2 aromatic heterocycles. The van der Waals surface area contributed by atoms with Crippen molar-refractivity contribution in [1.29, 1.82) is 0 Å². The fraction of sp³-hybridized carbons (Fsp3) is 0.350. The van der Waals surface area contributed by atoms with Gasteiger partial charge in [-0.1, -0.05) is 31.2 Å². The molecule has 1 aromatic carbocycles. The molecule has 128 valence electrons. The molecule has 5 nitrogen and oxygen atoms in total. The van der Waals surface area contributed by atoms with E-state index in [-0.39, 0.29) is 0 Å². The average molecular weight is 333 g/mol. The molecule has 0 aliphatic carbocycles. The third-order valence-corrected chi connectivity index (χ3v) is 4.81. The zero-order valence-electron chi connectivity index (χ0n) is 14.5. The molecule has 1 saturated heterocycles. The predicted molar refractivity (Wildman–Crippen MR) is 102 cm³/mol. The van der Waals surface area contributed by atoms with Crippen molar-refractivity contribution in [3.05, 3.63) is 54.5 Å². The number of piperidine rings is 1. The summed E-state index contributed by atoms with van der Waals surface area (Å²) in [6.07, 6.45) is 6.03. The summed E-state index contributed by atoms with van der Waals surface area (Å²) in [6, 6.07) is 12.4. The standard InChI is InChI=1S/C20H23N5/c1-15-5-4-10-25(13-15)19-11-18(23-14-24-19)22-12-17-7-2-6-16-8-3-9-21-20(16)17/h2-3,6-9,11,14-15H,4-5,10,12-13H2,1H3,(H,22,23,24). The SMILES string of the molecule is CC1CCCN(c2cc(NCc3cccc4cccnc34)ncn2)C1. The molecule has 0 amide bonds. The van der Waals surface area contributed by atoms with Gasteiger partial charge >= 0.3 is 0 Å². The van der Waals surface area contributed by atoms with E-state index in [1.54, 1.807) is 6.33 Å². The van der Waals surface area contributed by atoms with Gasteiger partial charge in [0.15, 0.2) is 0 Å². The van der Waals surface area contributed by atoms with E-state index in [1.807, 2.05) is 12.3 Å². The number of anilines is 2. The molecule has 0 saturated carbocycles. The molecular formula is C20H23N5. The van der Waals surface area contributed by atoms with E-state index in [2.05, 4.69) is 62.4 Å². The first kappa shape index (κ1) is 15.8. The predicted octanol–water partition coefficient (Wildman–Crippen LogP) is 3.87. The van der Waals surface area contributed by atoms with E-state index in [9.17, 15) is 0 Å². The highest BCUT2D eigenvalue weighted by atomic mass is 15.2. The van der Waals surface area contributed by atoms with E-state index in [0.717, 1.165) is 41.5 Å². The van der Waals surface area contributed by atoms with Crippen LogP contribution in [0.3, 0.4) is 0 Å². The van der Waals surface area contributed by atoms with E-state index >= 15 is 0 Å². The van der Waals surface area contributed by atoms with Crippen molar-refractivity contribution >= 4 is 22.5 Å². The normalized spacial score (nSPS) is 17.6. The minimum Gasteiger partial charge on any atom is -0.366 e. The Labute approximate surface area is 148 Å². The summed E-state index contributed by atoms with van der Waals surface area (Å²) in [5, 5.41) is 4.59. The van der Waals surface area contributed by atoms with Crippen LogP contribution < -0.4 is 10.2 Å². The molecule has 3 heterocycles. The Morgan fingerprint density at radius 2 is 2.08 bits per heavy atom. The maximum Gasteiger partial charge on any atom is 0.134 e.